The first-order valence-electron chi connectivity index (χ1n) is 8.82. The van der Waals surface area contributed by atoms with Crippen molar-refractivity contribution in [3.05, 3.63) is 72.1 Å². The summed E-state index contributed by atoms with van der Waals surface area (Å²) < 4.78 is 43.5. The van der Waals surface area contributed by atoms with Crippen LogP contribution in [0.2, 0.25) is 0 Å². The second-order valence-corrected chi connectivity index (χ2v) is 6.71. The molecule has 0 bridgehead atoms. The van der Waals surface area contributed by atoms with E-state index in [1.807, 2.05) is 24.3 Å². The van der Waals surface area contributed by atoms with Gasteiger partial charge in [0, 0.05) is 36.8 Å². The summed E-state index contributed by atoms with van der Waals surface area (Å²) in [6.45, 7) is 0. The zero-order valence-electron chi connectivity index (χ0n) is 15.7. The number of alkyl halides is 3. The molecule has 0 fully saturated rings. The smallest absolute Gasteiger partial charge is 0.340 e. The molecule has 29 heavy (non-hydrogen) atoms. The fourth-order valence-corrected chi connectivity index (χ4v) is 3.42. The Kier molecular flexibility index (Phi) is 4.41. The summed E-state index contributed by atoms with van der Waals surface area (Å²) >= 11 is 0. The van der Waals surface area contributed by atoms with E-state index in [0.29, 0.717) is 5.69 Å². The number of aromatic nitrogens is 3. The van der Waals surface area contributed by atoms with Gasteiger partial charge < -0.3 is 9.88 Å². The van der Waals surface area contributed by atoms with Crippen molar-refractivity contribution < 1.29 is 18.0 Å². The van der Waals surface area contributed by atoms with Crippen molar-refractivity contribution in [1.29, 1.82) is 0 Å². The number of anilines is 1. The molecule has 0 aliphatic rings. The Balaban J connectivity index is 1.75. The minimum atomic E-state index is -4.52. The van der Waals surface area contributed by atoms with Crippen LogP contribution in [-0.4, -0.2) is 20.3 Å². The largest absolute Gasteiger partial charge is 0.417 e. The van der Waals surface area contributed by atoms with Crippen LogP contribution in [0.5, 0.6) is 0 Å². The third-order valence-electron chi connectivity index (χ3n) is 4.77. The summed E-state index contributed by atoms with van der Waals surface area (Å²) in [5, 5.41) is 7.73. The molecule has 0 saturated carbocycles. The maximum absolute atomic E-state index is 13.5. The second-order valence-electron chi connectivity index (χ2n) is 6.71. The van der Waals surface area contributed by atoms with Gasteiger partial charge >= 0.3 is 6.18 Å². The minimum absolute atomic E-state index is 0.0413. The number of rotatable bonds is 3. The van der Waals surface area contributed by atoms with E-state index in [1.165, 1.54) is 29.1 Å². The highest BCUT2D eigenvalue weighted by molar-refractivity contribution is 6.07. The van der Waals surface area contributed by atoms with E-state index in [2.05, 4.69) is 10.4 Å². The van der Waals surface area contributed by atoms with E-state index in [-0.39, 0.29) is 16.9 Å². The van der Waals surface area contributed by atoms with Gasteiger partial charge in [0.2, 0.25) is 0 Å². The summed E-state index contributed by atoms with van der Waals surface area (Å²) in [5.41, 5.74) is 0.634. The molecule has 1 amide bonds. The average Bonchev–Trinajstić information content (AvgIpc) is 3.21. The number of carbonyl (C=O) groups excluding carboxylic acids is 1. The SMILES string of the molecule is Cn1cc(-c2ccccc2C(F)(F)F)c(NC(=O)c2cc3ccccc3n2C)n1. The van der Waals surface area contributed by atoms with Crippen LogP contribution >= 0.6 is 0 Å². The lowest BCUT2D eigenvalue weighted by Gasteiger charge is -2.13. The van der Waals surface area contributed by atoms with Gasteiger partial charge in [0.1, 0.15) is 5.69 Å². The molecule has 4 aromatic rings. The van der Waals surface area contributed by atoms with Crippen LogP contribution in [0.4, 0.5) is 19.0 Å². The number of benzene rings is 2. The zero-order chi connectivity index (χ0) is 20.8. The summed E-state index contributed by atoms with van der Waals surface area (Å²) in [6, 6.07) is 14.5. The van der Waals surface area contributed by atoms with Crippen LogP contribution in [0.3, 0.4) is 0 Å². The van der Waals surface area contributed by atoms with Crippen LogP contribution in [0.1, 0.15) is 16.1 Å². The molecule has 0 aliphatic heterocycles. The van der Waals surface area contributed by atoms with Crippen molar-refractivity contribution in [1.82, 2.24) is 14.3 Å². The second kappa shape index (κ2) is 6.80. The third kappa shape index (κ3) is 3.37. The van der Waals surface area contributed by atoms with E-state index >= 15 is 0 Å². The highest BCUT2D eigenvalue weighted by Gasteiger charge is 2.34. The molecule has 0 unspecified atom stereocenters. The highest BCUT2D eigenvalue weighted by Crippen LogP contribution is 2.39. The quantitative estimate of drug-likeness (QED) is 0.536. The molecule has 0 aliphatic carbocycles. The number of nitrogens with one attached hydrogen (secondary N) is 1. The van der Waals surface area contributed by atoms with Crippen molar-refractivity contribution in [3.63, 3.8) is 0 Å². The lowest BCUT2D eigenvalue weighted by atomic mass is 10.0. The molecule has 1 N–H and O–H groups in total. The van der Waals surface area contributed by atoms with Crippen molar-refractivity contribution in [2.45, 2.75) is 6.18 Å². The Morgan fingerprint density at radius 2 is 1.69 bits per heavy atom. The van der Waals surface area contributed by atoms with Gasteiger partial charge in [-0.25, -0.2) is 0 Å². The summed E-state index contributed by atoms with van der Waals surface area (Å²) in [6.07, 6.45) is -3.06. The first-order chi connectivity index (χ1) is 13.8. The lowest BCUT2D eigenvalue weighted by Crippen LogP contribution is -2.16. The number of aryl methyl sites for hydroxylation is 2. The molecule has 148 valence electrons. The van der Waals surface area contributed by atoms with Gasteiger partial charge in [-0.15, -0.1) is 0 Å². The molecule has 2 heterocycles. The Morgan fingerprint density at radius 3 is 2.41 bits per heavy atom. The molecule has 2 aromatic heterocycles. The van der Waals surface area contributed by atoms with Crippen molar-refractivity contribution in [3.8, 4) is 11.1 Å². The molecule has 0 spiro atoms. The third-order valence-corrected chi connectivity index (χ3v) is 4.77. The average molecular weight is 398 g/mol. The standard InChI is InChI=1S/C21H17F3N4O/c1-27-12-15(14-8-4-5-9-16(14)21(22,23)24)19(26-27)25-20(29)18-11-13-7-3-6-10-17(13)28(18)2/h3-12H,1-2H3,(H,25,26,29). The number of carbonyl (C=O) groups is 1. The van der Waals surface area contributed by atoms with Gasteiger partial charge in [0.25, 0.3) is 5.91 Å². The summed E-state index contributed by atoms with van der Waals surface area (Å²) in [4.78, 5) is 12.9. The van der Waals surface area contributed by atoms with Crippen LogP contribution < -0.4 is 5.32 Å². The maximum atomic E-state index is 13.5. The molecule has 5 nitrogen and oxygen atoms in total. The van der Waals surface area contributed by atoms with E-state index < -0.39 is 17.6 Å². The fraction of sp³-hybridized carbons (Fsp3) is 0.143. The van der Waals surface area contributed by atoms with Gasteiger partial charge in [-0.1, -0.05) is 36.4 Å². The molecular formula is C21H17F3N4O. The molecule has 0 atom stereocenters. The van der Waals surface area contributed by atoms with Crippen LogP contribution in [0, 0.1) is 0 Å². The van der Waals surface area contributed by atoms with Gasteiger partial charge in [-0.2, -0.15) is 18.3 Å². The fourth-order valence-electron chi connectivity index (χ4n) is 3.42. The molecule has 8 heteroatoms. The predicted molar refractivity (Wildman–Crippen MR) is 105 cm³/mol. The van der Waals surface area contributed by atoms with E-state index in [9.17, 15) is 18.0 Å². The number of para-hydroxylation sites is 1. The number of fused-ring (bicyclic) bond motifs is 1. The summed E-state index contributed by atoms with van der Waals surface area (Å²) in [7, 11) is 3.35. The molecule has 0 radical (unpaired) electrons. The van der Waals surface area contributed by atoms with Gasteiger partial charge in [-0.3, -0.25) is 9.48 Å². The van der Waals surface area contributed by atoms with Crippen molar-refractivity contribution in [2.24, 2.45) is 14.1 Å². The number of amides is 1. The van der Waals surface area contributed by atoms with Crippen LogP contribution in [0.25, 0.3) is 22.0 Å². The van der Waals surface area contributed by atoms with Crippen molar-refractivity contribution in [2.75, 3.05) is 5.32 Å². The number of hydrogen-bond donors (Lipinski definition) is 1. The van der Waals surface area contributed by atoms with Gasteiger partial charge in [0.15, 0.2) is 5.82 Å². The Hall–Kier alpha value is -3.55. The van der Waals surface area contributed by atoms with E-state index in [4.69, 9.17) is 0 Å². The monoisotopic (exact) mass is 398 g/mol. The highest BCUT2D eigenvalue weighted by atomic mass is 19.4. The van der Waals surface area contributed by atoms with E-state index in [1.54, 1.807) is 24.7 Å². The number of halogens is 3. The van der Waals surface area contributed by atoms with Crippen LogP contribution in [-0.2, 0) is 20.3 Å². The molecule has 2 aromatic carbocycles. The van der Waals surface area contributed by atoms with Crippen LogP contribution in [0.15, 0.2) is 60.8 Å². The minimum Gasteiger partial charge on any atom is -0.340 e. The number of nitrogens with zero attached hydrogens (tertiary/aromatic N) is 3. The van der Waals surface area contributed by atoms with Gasteiger partial charge in [-0.05, 0) is 23.8 Å². The predicted octanol–water partition coefficient (Wildman–Crippen LogP) is 4.85. The Bertz CT molecular complexity index is 1220. The summed E-state index contributed by atoms with van der Waals surface area (Å²) in [5.74, 6) is -0.382. The molecular weight excluding hydrogens is 381 g/mol. The maximum Gasteiger partial charge on any atom is 0.417 e. The van der Waals surface area contributed by atoms with Gasteiger partial charge in [0.05, 0.1) is 5.56 Å². The zero-order valence-corrected chi connectivity index (χ0v) is 15.7. The Morgan fingerprint density at radius 1 is 1.00 bits per heavy atom. The molecule has 0 saturated heterocycles. The topological polar surface area (TPSA) is 51.9 Å². The number of hydrogen-bond acceptors (Lipinski definition) is 2. The normalized spacial score (nSPS) is 11.8. The molecule has 4 rings (SSSR count). The Labute approximate surface area is 164 Å². The first-order valence-corrected chi connectivity index (χ1v) is 8.82. The lowest BCUT2D eigenvalue weighted by molar-refractivity contribution is -0.137. The van der Waals surface area contributed by atoms with Crippen molar-refractivity contribution >= 4 is 22.6 Å². The van der Waals surface area contributed by atoms with E-state index in [0.717, 1.165) is 17.0 Å². The first kappa shape index (κ1) is 18.8.